The predicted octanol–water partition coefficient (Wildman–Crippen LogP) is 2.21. The maximum Gasteiger partial charge on any atom is 0.319 e. The van der Waals surface area contributed by atoms with Crippen molar-refractivity contribution < 1.29 is 9.90 Å². The number of carbonyl (C=O) groups is 1. The molecule has 0 fully saturated rings. The number of aromatic nitrogens is 2. The van der Waals surface area contributed by atoms with Crippen LogP contribution in [-0.4, -0.2) is 33.1 Å². The first-order valence-electron chi connectivity index (χ1n) is 7.11. The largest absolute Gasteiger partial charge is 0.394 e. The Morgan fingerprint density at radius 3 is 2.80 bits per heavy atom. The number of nitrogens with zero attached hydrogens (tertiary/aromatic N) is 2. The van der Waals surface area contributed by atoms with E-state index in [1.54, 1.807) is 17.1 Å². The van der Waals surface area contributed by atoms with Crippen molar-refractivity contribution in [2.45, 2.75) is 52.6 Å². The van der Waals surface area contributed by atoms with E-state index < -0.39 is 5.54 Å². The molecule has 0 spiro atoms. The van der Waals surface area contributed by atoms with Crippen molar-refractivity contribution in [3.05, 3.63) is 12.4 Å². The van der Waals surface area contributed by atoms with Crippen LogP contribution in [0.1, 0.15) is 40.5 Å². The minimum Gasteiger partial charge on any atom is -0.394 e. The zero-order valence-corrected chi connectivity index (χ0v) is 12.8. The Bertz CT molecular complexity index is 431. The Morgan fingerprint density at radius 1 is 1.55 bits per heavy atom. The average Bonchev–Trinajstić information content (AvgIpc) is 2.75. The lowest BCUT2D eigenvalue weighted by Gasteiger charge is -2.28. The fourth-order valence-electron chi connectivity index (χ4n) is 2.07. The minimum atomic E-state index is -0.591. The zero-order valence-electron chi connectivity index (χ0n) is 12.8. The van der Waals surface area contributed by atoms with Gasteiger partial charge < -0.3 is 15.7 Å². The second kappa shape index (κ2) is 7.28. The highest BCUT2D eigenvalue weighted by atomic mass is 16.3. The number of aliphatic hydroxyl groups excluding tert-OH is 1. The van der Waals surface area contributed by atoms with Gasteiger partial charge in [0.25, 0.3) is 0 Å². The molecule has 0 saturated heterocycles. The van der Waals surface area contributed by atoms with Gasteiger partial charge in [0.2, 0.25) is 0 Å². The second-order valence-electron chi connectivity index (χ2n) is 5.89. The Kier molecular flexibility index (Phi) is 6.01. The summed E-state index contributed by atoms with van der Waals surface area (Å²) < 4.78 is 1.80. The van der Waals surface area contributed by atoms with Crippen molar-refractivity contribution in [3.8, 4) is 0 Å². The standard InChI is InChI=1S/C14H26N4O2/c1-5-6-14(4,10-19)17-13(20)16-12-7-15-18(9-12)8-11(2)3/h7,9,11,19H,5-6,8,10H2,1-4H3,(H2,16,17,20). The maximum atomic E-state index is 11.9. The summed E-state index contributed by atoms with van der Waals surface area (Å²) in [4.78, 5) is 11.9. The quantitative estimate of drug-likeness (QED) is 0.717. The smallest absolute Gasteiger partial charge is 0.319 e. The van der Waals surface area contributed by atoms with Gasteiger partial charge in [-0.25, -0.2) is 4.79 Å². The van der Waals surface area contributed by atoms with E-state index in [9.17, 15) is 9.90 Å². The SMILES string of the molecule is CCCC(C)(CO)NC(=O)Nc1cnn(CC(C)C)c1. The summed E-state index contributed by atoms with van der Waals surface area (Å²) in [5, 5.41) is 19.1. The van der Waals surface area contributed by atoms with E-state index >= 15 is 0 Å². The third-order valence-corrected chi connectivity index (χ3v) is 3.01. The summed E-state index contributed by atoms with van der Waals surface area (Å²) in [5.41, 5.74) is 0.0622. The number of aliphatic hydroxyl groups is 1. The molecule has 1 aromatic rings. The molecule has 3 N–H and O–H groups in total. The third-order valence-electron chi connectivity index (χ3n) is 3.01. The number of nitrogens with one attached hydrogen (secondary N) is 2. The number of rotatable bonds is 7. The summed E-state index contributed by atoms with van der Waals surface area (Å²) in [5.74, 6) is 0.499. The third kappa shape index (κ3) is 5.21. The molecule has 0 aliphatic rings. The van der Waals surface area contributed by atoms with Gasteiger partial charge in [0.15, 0.2) is 0 Å². The highest BCUT2D eigenvalue weighted by Gasteiger charge is 2.24. The molecular formula is C14H26N4O2. The number of anilines is 1. The van der Waals surface area contributed by atoms with Crippen molar-refractivity contribution in [1.82, 2.24) is 15.1 Å². The van der Waals surface area contributed by atoms with E-state index in [1.807, 2.05) is 13.8 Å². The van der Waals surface area contributed by atoms with Gasteiger partial charge in [0.1, 0.15) is 0 Å². The van der Waals surface area contributed by atoms with Crippen LogP contribution in [0.2, 0.25) is 0 Å². The van der Waals surface area contributed by atoms with Crippen molar-refractivity contribution in [2.24, 2.45) is 5.92 Å². The van der Waals surface area contributed by atoms with Crippen LogP contribution < -0.4 is 10.6 Å². The van der Waals surface area contributed by atoms with Crippen LogP contribution in [0.3, 0.4) is 0 Å². The molecule has 114 valence electrons. The molecule has 0 aliphatic carbocycles. The second-order valence-corrected chi connectivity index (χ2v) is 5.89. The van der Waals surface area contributed by atoms with E-state index in [4.69, 9.17) is 0 Å². The molecule has 2 amide bonds. The Balaban J connectivity index is 2.55. The van der Waals surface area contributed by atoms with Gasteiger partial charge in [-0.15, -0.1) is 0 Å². The summed E-state index contributed by atoms with van der Waals surface area (Å²) >= 11 is 0. The van der Waals surface area contributed by atoms with Crippen LogP contribution in [0.25, 0.3) is 0 Å². The van der Waals surface area contributed by atoms with Crippen LogP contribution in [0.15, 0.2) is 12.4 Å². The lowest BCUT2D eigenvalue weighted by Crippen LogP contribution is -2.50. The average molecular weight is 282 g/mol. The first-order chi connectivity index (χ1) is 9.38. The number of amides is 2. The number of hydrogen-bond donors (Lipinski definition) is 3. The first-order valence-corrected chi connectivity index (χ1v) is 7.11. The molecule has 1 heterocycles. The lowest BCUT2D eigenvalue weighted by atomic mass is 9.98. The van der Waals surface area contributed by atoms with Gasteiger partial charge in [0.05, 0.1) is 24.0 Å². The van der Waals surface area contributed by atoms with Gasteiger partial charge in [-0.3, -0.25) is 4.68 Å². The topological polar surface area (TPSA) is 79.2 Å². The van der Waals surface area contributed by atoms with Gasteiger partial charge in [-0.1, -0.05) is 27.2 Å². The molecule has 0 aliphatic heterocycles. The molecule has 0 aromatic carbocycles. The maximum absolute atomic E-state index is 11.9. The summed E-state index contributed by atoms with van der Waals surface area (Å²) in [7, 11) is 0. The van der Waals surface area contributed by atoms with E-state index in [0.29, 0.717) is 11.6 Å². The molecule has 1 aromatic heterocycles. The number of hydrogen-bond acceptors (Lipinski definition) is 3. The normalized spacial score (nSPS) is 14.1. The number of carbonyl (C=O) groups excluding carboxylic acids is 1. The van der Waals surface area contributed by atoms with Gasteiger partial charge in [-0.2, -0.15) is 5.10 Å². The van der Waals surface area contributed by atoms with Crippen LogP contribution in [0.4, 0.5) is 10.5 Å². The van der Waals surface area contributed by atoms with Crippen LogP contribution in [-0.2, 0) is 6.54 Å². The molecule has 0 saturated carbocycles. The Labute approximate surface area is 120 Å². The molecule has 1 unspecified atom stereocenters. The monoisotopic (exact) mass is 282 g/mol. The molecule has 0 radical (unpaired) electrons. The first kappa shape index (κ1) is 16.5. The van der Waals surface area contributed by atoms with Crippen LogP contribution >= 0.6 is 0 Å². The number of urea groups is 1. The van der Waals surface area contributed by atoms with E-state index in [2.05, 4.69) is 29.6 Å². The fourth-order valence-corrected chi connectivity index (χ4v) is 2.07. The fraction of sp³-hybridized carbons (Fsp3) is 0.714. The van der Waals surface area contributed by atoms with E-state index in [-0.39, 0.29) is 12.6 Å². The summed E-state index contributed by atoms with van der Waals surface area (Å²) in [6, 6.07) is -0.320. The molecule has 20 heavy (non-hydrogen) atoms. The van der Waals surface area contributed by atoms with E-state index in [1.165, 1.54) is 0 Å². The molecule has 1 atom stereocenters. The van der Waals surface area contributed by atoms with Crippen molar-refractivity contribution >= 4 is 11.7 Å². The van der Waals surface area contributed by atoms with Crippen molar-refractivity contribution in [1.29, 1.82) is 0 Å². The summed E-state index contributed by atoms with van der Waals surface area (Å²) in [6.45, 7) is 8.80. The summed E-state index contributed by atoms with van der Waals surface area (Å²) in [6.07, 6.45) is 5.04. The van der Waals surface area contributed by atoms with Crippen LogP contribution in [0.5, 0.6) is 0 Å². The Hall–Kier alpha value is -1.56. The molecular weight excluding hydrogens is 256 g/mol. The predicted molar refractivity (Wildman–Crippen MR) is 79.6 cm³/mol. The van der Waals surface area contributed by atoms with Crippen molar-refractivity contribution in [2.75, 3.05) is 11.9 Å². The molecule has 6 nitrogen and oxygen atoms in total. The van der Waals surface area contributed by atoms with E-state index in [0.717, 1.165) is 19.4 Å². The molecule has 0 bridgehead atoms. The van der Waals surface area contributed by atoms with Gasteiger partial charge in [0, 0.05) is 12.7 Å². The van der Waals surface area contributed by atoms with Crippen LogP contribution in [0, 0.1) is 5.92 Å². The highest BCUT2D eigenvalue weighted by Crippen LogP contribution is 2.12. The highest BCUT2D eigenvalue weighted by molar-refractivity contribution is 5.89. The van der Waals surface area contributed by atoms with Gasteiger partial charge >= 0.3 is 6.03 Å². The zero-order chi connectivity index (χ0) is 15.2. The van der Waals surface area contributed by atoms with Gasteiger partial charge in [-0.05, 0) is 19.3 Å². The molecule has 6 heteroatoms. The molecule has 1 rings (SSSR count). The minimum absolute atomic E-state index is 0.0825. The Morgan fingerprint density at radius 2 is 2.25 bits per heavy atom. The van der Waals surface area contributed by atoms with Crippen molar-refractivity contribution in [3.63, 3.8) is 0 Å². The lowest BCUT2D eigenvalue weighted by molar-refractivity contribution is 0.167.